The van der Waals surface area contributed by atoms with Gasteiger partial charge >= 0.3 is 0 Å². The Morgan fingerprint density at radius 3 is 2.59 bits per heavy atom. The first-order valence-corrected chi connectivity index (χ1v) is 7.60. The lowest BCUT2D eigenvalue weighted by Crippen LogP contribution is -2.31. The van der Waals surface area contributed by atoms with Gasteiger partial charge in [0.1, 0.15) is 0 Å². The number of aliphatic hydroxyl groups excluding tert-OH is 1. The third-order valence-corrected chi connectivity index (χ3v) is 3.43. The highest BCUT2D eigenvalue weighted by Crippen LogP contribution is 2.33. The first-order chi connectivity index (χ1) is 10.5. The number of aliphatic hydroxyl groups is 1. The van der Waals surface area contributed by atoms with Gasteiger partial charge in [-0.3, -0.25) is 4.79 Å². The fourth-order valence-electron chi connectivity index (χ4n) is 1.83. The highest BCUT2D eigenvalue weighted by Gasteiger charge is 2.13. The minimum atomic E-state index is -0.571. The van der Waals surface area contributed by atoms with Gasteiger partial charge in [-0.2, -0.15) is 0 Å². The lowest BCUT2D eigenvalue weighted by molar-refractivity contribution is -0.119. The molecule has 0 aliphatic heterocycles. The zero-order valence-corrected chi connectivity index (χ0v) is 13.7. The Morgan fingerprint density at radius 1 is 1.36 bits per heavy atom. The van der Waals surface area contributed by atoms with E-state index in [4.69, 9.17) is 26.8 Å². The van der Waals surface area contributed by atoms with Crippen molar-refractivity contribution in [3.05, 3.63) is 22.7 Å². The second-order valence-corrected chi connectivity index (χ2v) is 5.15. The molecule has 0 spiro atoms. The van der Waals surface area contributed by atoms with Crippen LogP contribution in [-0.4, -0.2) is 36.9 Å². The maximum atomic E-state index is 10.8. The molecule has 0 heterocycles. The Bertz CT molecular complexity index is 493. The lowest BCUT2D eigenvalue weighted by atomic mass is 10.1. The summed E-state index contributed by atoms with van der Waals surface area (Å²) in [5.74, 6) is 0.309. The molecule has 0 fully saturated rings. The van der Waals surface area contributed by atoms with Crippen molar-refractivity contribution < 1.29 is 19.4 Å². The number of rotatable bonds is 10. The SMILES string of the molecule is CCOc1cc(CNC(CC)CO)c(Cl)cc1OCC(N)=O. The third-order valence-electron chi connectivity index (χ3n) is 3.08. The number of hydrogen-bond donors (Lipinski definition) is 3. The summed E-state index contributed by atoms with van der Waals surface area (Å²) < 4.78 is 10.8. The number of carbonyl (C=O) groups is 1. The van der Waals surface area contributed by atoms with Crippen molar-refractivity contribution in [1.82, 2.24) is 5.32 Å². The molecule has 0 aliphatic rings. The zero-order valence-electron chi connectivity index (χ0n) is 12.9. The van der Waals surface area contributed by atoms with E-state index < -0.39 is 5.91 Å². The molecule has 1 rings (SSSR count). The molecule has 0 saturated carbocycles. The third kappa shape index (κ3) is 5.71. The molecule has 1 aromatic carbocycles. The molecule has 22 heavy (non-hydrogen) atoms. The van der Waals surface area contributed by atoms with Crippen molar-refractivity contribution in [3.63, 3.8) is 0 Å². The monoisotopic (exact) mass is 330 g/mol. The van der Waals surface area contributed by atoms with E-state index in [1.807, 2.05) is 13.8 Å². The molecule has 0 aromatic heterocycles. The van der Waals surface area contributed by atoms with Gasteiger partial charge in [0.25, 0.3) is 5.91 Å². The van der Waals surface area contributed by atoms with E-state index in [2.05, 4.69) is 5.32 Å². The van der Waals surface area contributed by atoms with Crippen LogP contribution in [0.5, 0.6) is 11.5 Å². The van der Waals surface area contributed by atoms with Gasteiger partial charge in [-0.15, -0.1) is 0 Å². The molecule has 124 valence electrons. The number of halogens is 1. The fourth-order valence-corrected chi connectivity index (χ4v) is 2.06. The van der Waals surface area contributed by atoms with Gasteiger partial charge in [-0.1, -0.05) is 18.5 Å². The summed E-state index contributed by atoms with van der Waals surface area (Å²) in [5.41, 5.74) is 5.90. The van der Waals surface area contributed by atoms with Crippen molar-refractivity contribution in [2.24, 2.45) is 5.73 Å². The topological polar surface area (TPSA) is 93.8 Å². The molecular weight excluding hydrogens is 308 g/mol. The lowest BCUT2D eigenvalue weighted by Gasteiger charge is -2.17. The second kappa shape index (κ2) is 9.50. The number of carbonyl (C=O) groups excluding carboxylic acids is 1. The summed E-state index contributed by atoms with van der Waals surface area (Å²) in [6.07, 6.45) is 0.812. The van der Waals surface area contributed by atoms with Gasteiger partial charge in [-0.05, 0) is 25.0 Å². The molecular formula is C15H23ClN2O4. The molecule has 4 N–H and O–H groups in total. The van der Waals surface area contributed by atoms with Crippen LogP contribution in [0.3, 0.4) is 0 Å². The van der Waals surface area contributed by atoms with Crippen LogP contribution in [0, 0.1) is 0 Å². The average molecular weight is 331 g/mol. The number of primary amides is 1. The molecule has 1 unspecified atom stereocenters. The largest absolute Gasteiger partial charge is 0.490 e. The molecule has 0 radical (unpaired) electrons. The summed E-state index contributed by atoms with van der Waals surface area (Å²) in [5, 5.41) is 12.9. The van der Waals surface area contributed by atoms with E-state index in [1.54, 1.807) is 12.1 Å². The van der Waals surface area contributed by atoms with Crippen molar-refractivity contribution in [1.29, 1.82) is 0 Å². The molecule has 6 nitrogen and oxygen atoms in total. The summed E-state index contributed by atoms with van der Waals surface area (Å²) in [6, 6.07) is 3.38. The van der Waals surface area contributed by atoms with Crippen LogP contribution in [0.2, 0.25) is 5.02 Å². The van der Waals surface area contributed by atoms with Crippen LogP contribution in [0.4, 0.5) is 0 Å². The number of nitrogens with two attached hydrogens (primary N) is 1. The van der Waals surface area contributed by atoms with Crippen LogP contribution < -0.4 is 20.5 Å². The van der Waals surface area contributed by atoms with E-state index in [0.29, 0.717) is 29.7 Å². The Morgan fingerprint density at radius 2 is 2.05 bits per heavy atom. The maximum Gasteiger partial charge on any atom is 0.255 e. The van der Waals surface area contributed by atoms with Crippen molar-refractivity contribution in [2.45, 2.75) is 32.9 Å². The van der Waals surface area contributed by atoms with Crippen LogP contribution in [0.25, 0.3) is 0 Å². The standard InChI is InChI=1S/C15H23ClN2O4/c1-3-11(8-19)18-7-10-5-13(21-4-2)14(6-12(10)16)22-9-15(17)20/h5-6,11,18-19H,3-4,7-9H2,1-2H3,(H2,17,20). The molecule has 1 atom stereocenters. The molecule has 1 amide bonds. The van der Waals surface area contributed by atoms with E-state index in [9.17, 15) is 9.90 Å². The number of hydrogen-bond acceptors (Lipinski definition) is 5. The number of amides is 1. The van der Waals surface area contributed by atoms with Crippen LogP contribution in [-0.2, 0) is 11.3 Å². The van der Waals surface area contributed by atoms with Gasteiger partial charge in [0.2, 0.25) is 0 Å². The second-order valence-electron chi connectivity index (χ2n) is 4.75. The van der Waals surface area contributed by atoms with E-state index in [1.165, 1.54) is 0 Å². The van der Waals surface area contributed by atoms with Crippen molar-refractivity contribution in [3.8, 4) is 11.5 Å². The van der Waals surface area contributed by atoms with E-state index in [0.717, 1.165) is 12.0 Å². The highest BCUT2D eigenvalue weighted by molar-refractivity contribution is 6.31. The predicted octanol–water partition coefficient (Wildman–Crippen LogP) is 1.46. The number of ether oxygens (including phenoxy) is 2. The Kier molecular flexibility index (Phi) is 8.01. The van der Waals surface area contributed by atoms with Crippen LogP contribution in [0.15, 0.2) is 12.1 Å². The zero-order chi connectivity index (χ0) is 16.5. The molecule has 0 saturated heterocycles. The quantitative estimate of drug-likeness (QED) is 0.604. The van der Waals surface area contributed by atoms with Gasteiger partial charge in [0.15, 0.2) is 18.1 Å². The van der Waals surface area contributed by atoms with Gasteiger partial charge in [-0.25, -0.2) is 0 Å². The molecule has 1 aromatic rings. The van der Waals surface area contributed by atoms with Gasteiger partial charge in [0, 0.05) is 23.7 Å². The normalized spacial score (nSPS) is 12.0. The first-order valence-electron chi connectivity index (χ1n) is 7.22. The number of benzene rings is 1. The van der Waals surface area contributed by atoms with E-state index >= 15 is 0 Å². The first kappa shape index (κ1) is 18.5. The minimum absolute atomic E-state index is 0.0115. The summed E-state index contributed by atoms with van der Waals surface area (Å²) in [6.45, 7) is 4.61. The average Bonchev–Trinajstić information content (AvgIpc) is 2.49. The summed E-state index contributed by atoms with van der Waals surface area (Å²) in [7, 11) is 0. The molecule has 0 aliphatic carbocycles. The van der Waals surface area contributed by atoms with Gasteiger partial charge < -0.3 is 25.6 Å². The number of nitrogens with one attached hydrogen (secondary N) is 1. The van der Waals surface area contributed by atoms with Gasteiger partial charge in [0.05, 0.1) is 13.2 Å². The van der Waals surface area contributed by atoms with E-state index in [-0.39, 0.29) is 19.3 Å². The van der Waals surface area contributed by atoms with Crippen molar-refractivity contribution >= 4 is 17.5 Å². The van der Waals surface area contributed by atoms with Crippen LogP contribution in [0.1, 0.15) is 25.8 Å². The molecule has 7 heteroatoms. The fraction of sp³-hybridized carbons (Fsp3) is 0.533. The highest BCUT2D eigenvalue weighted by atomic mass is 35.5. The molecule has 0 bridgehead atoms. The predicted molar refractivity (Wildman–Crippen MR) is 85.3 cm³/mol. The maximum absolute atomic E-state index is 10.8. The summed E-state index contributed by atoms with van der Waals surface area (Å²) in [4.78, 5) is 10.8. The Balaban J connectivity index is 2.90. The summed E-state index contributed by atoms with van der Waals surface area (Å²) >= 11 is 6.23. The smallest absolute Gasteiger partial charge is 0.255 e. The van der Waals surface area contributed by atoms with Crippen LogP contribution >= 0.6 is 11.6 Å². The Hall–Kier alpha value is -1.50. The minimum Gasteiger partial charge on any atom is -0.490 e. The van der Waals surface area contributed by atoms with Crippen molar-refractivity contribution in [2.75, 3.05) is 19.8 Å². The Labute approximate surface area is 135 Å².